The van der Waals surface area contributed by atoms with E-state index in [1.165, 1.54) is 18.4 Å². The van der Waals surface area contributed by atoms with Gasteiger partial charge < -0.3 is 4.74 Å². The minimum Gasteiger partial charge on any atom is -0.374 e. The Bertz CT molecular complexity index is 715. The lowest BCUT2D eigenvalue weighted by molar-refractivity contribution is -0.0504. The first kappa shape index (κ1) is 15.4. The summed E-state index contributed by atoms with van der Waals surface area (Å²) in [6.07, 6.45) is 2.71. The molecule has 3 fully saturated rings. The van der Waals surface area contributed by atoms with Crippen LogP contribution in [0.3, 0.4) is 0 Å². The van der Waals surface area contributed by atoms with Crippen molar-refractivity contribution in [2.45, 2.75) is 44.1 Å². The average molecular weight is 340 g/mol. The zero-order chi connectivity index (χ0) is 16.6. The third-order valence-corrected chi connectivity index (χ3v) is 5.54. The molecule has 7 heteroatoms. The molecule has 7 nitrogen and oxygen atoms in total. The first-order chi connectivity index (χ1) is 12.4. The van der Waals surface area contributed by atoms with Crippen LogP contribution in [0.4, 0.5) is 0 Å². The summed E-state index contributed by atoms with van der Waals surface area (Å²) in [5.41, 5.74) is 1.37. The van der Waals surface area contributed by atoms with Crippen LogP contribution in [-0.4, -0.2) is 68.4 Å². The molecule has 1 aliphatic carbocycles. The number of nitrogens with zero attached hydrogens (tertiary/aromatic N) is 6. The molecule has 3 heterocycles. The predicted octanol–water partition coefficient (Wildman–Crippen LogP) is 1.09. The number of fused-ring (bicyclic) bond motifs is 1. The Balaban J connectivity index is 1.26. The number of rotatable bonds is 5. The summed E-state index contributed by atoms with van der Waals surface area (Å²) in [4.78, 5) is 5.02. The summed E-state index contributed by atoms with van der Waals surface area (Å²) in [5, 5.41) is 12.3. The third kappa shape index (κ3) is 3.19. The SMILES string of the molecule is c1ccc(CN2CCO[C@@H]3CN(Cc4nnnn4C4CC4)C[C@H]32)cc1. The summed E-state index contributed by atoms with van der Waals surface area (Å²) in [7, 11) is 0. The Morgan fingerprint density at radius 1 is 1.08 bits per heavy atom. The second-order valence-corrected chi connectivity index (χ2v) is 7.40. The maximum atomic E-state index is 6.07. The molecule has 0 N–H and O–H groups in total. The molecule has 0 bridgehead atoms. The number of ether oxygens (including phenoxy) is 1. The van der Waals surface area contributed by atoms with Crippen LogP contribution in [0, 0.1) is 0 Å². The van der Waals surface area contributed by atoms with Gasteiger partial charge in [-0.25, -0.2) is 4.68 Å². The van der Waals surface area contributed by atoms with Crippen LogP contribution in [0.15, 0.2) is 30.3 Å². The highest BCUT2D eigenvalue weighted by molar-refractivity contribution is 5.15. The van der Waals surface area contributed by atoms with E-state index in [1.54, 1.807) is 0 Å². The van der Waals surface area contributed by atoms with Crippen molar-refractivity contribution in [3.05, 3.63) is 41.7 Å². The van der Waals surface area contributed by atoms with Gasteiger partial charge >= 0.3 is 0 Å². The van der Waals surface area contributed by atoms with Gasteiger partial charge in [0.2, 0.25) is 0 Å². The molecule has 0 radical (unpaired) electrons. The van der Waals surface area contributed by atoms with Gasteiger partial charge in [0.1, 0.15) is 0 Å². The minimum atomic E-state index is 0.294. The normalized spacial score (nSPS) is 27.5. The van der Waals surface area contributed by atoms with Crippen molar-refractivity contribution in [2.75, 3.05) is 26.2 Å². The lowest BCUT2D eigenvalue weighted by Crippen LogP contribution is -2.50. The van der Waals surface area contributed by atoms with Gasteiger partial charge in [-0.3, -0.25) is 9.80 Å². The molecule has 0 amide bonds. The van der Waals surface area contributed by atoms with Crippen molar-refractivity contribution in [1.29, 1.82) is 0 Å². The standard InChI is InChI=1S/C18H24N6O/c1-2-4-14(5-3-1)10-23-8-9-25-17-12-22(11-16(17)23)13-18-19-20-21-24(18)15-6-7-15/h1-5,15-17H,6-13H2/t16-,17-/m1/s1. The van der Waals surface area contributed by atoms with Gasteiger partial charge in [0.05, 0.1) is 31.3 Å². The van der Waals surface area contributed by atoms with Gasteiger partial charge in [0, 0.05) is 26.2 Å². The smallest absolute Gasteiger partial charge is 0.165 e. The highest BCUT2D eigenvalue weighted by Crippen LogP contribution is 2.35. The molecule has 3 aliphatic rings. The highest BCUT2D eigenvalue weighted by atomic mass is 16.5. The van der Waals surface area contributed by atoms with Gasteiger partial charge in [-0.1, -0.05) is 30.3 Å². The van der Waals surface area contributed by atoms with Gasteiger partial charge in [-0.05, 0) is 28.8 Å². The molecule has 2 atom stereocenters. The van der Waals surface area contributed by atoms with Crippen LogP contribution in [0.1, 0.15) is 30.3 Å². The van der Waals surface area contributed by atoms with Gasteiger partial charge in [0.25, 0.3) is 0 Å². The molecule has 132 valence electrons. The number of benzene rings is 1. The second-order valence-electron chi connectivity index (χ2n) is 7.40. The van der Waals surface area contributed by atoms with E-state index in [0.29, 0.717) is 18.2 Å². The number of hydrogen-bond acceptors (Lipinski definition) is 6. The largest absolute Gasteiger partial charge is 0.374 e. The predicted molar refractivity (Wildman–Crippen MR) is 91.7 cm³/mol. The zero-order valence-corrected chi connectivity index (χ0v) is 14.4. The minimum absolute atomic E-state index is 0.294. The summed E-state index contributed by atoms with van der Waals surface area (Å²) in [6.45, 7) is 5.63. The Morgan fingerprint density at radius 2 is 1.96 bits per heavy atom. The van der Waals surface area contributed by atoms with E-state index < -0.39 is 0 Å². The average Bonchev–Trinajstić information content (AvgIpc) is 3.23. The van der Waals surface area contributed by atoms with Gasteiger partial charge in [-0.15, -0.1) is 5.10 Å². The Hall–Kier alpha value is -1.83. The van der Waals surface area contributed by atoms with Crippen molar-refractivity contribution in [3.8, 4) is 0 Å². The molecule has 2 saturated heterocycles. The molecule has 0 unspecified atom stereocenters. The number of morpholine rings is 1. The Morgan fingerprint density at radius 3 is 2.80 bits per heavy atom. The maximum absolute atomic E-state index is 6.07. The van der Waals surface area contributed by atoms with E-state index in [9.17, 15) is 0 Å². The molecule has 1 aromatic heterocycles. The van der Waals surface area contributed by atoms with Crippen LogP contribution in [-0.2, 0) is 17.8 Å². The van der Waals surface area contributed by atoms with Crippen molar-refractivity contribution in [3.63, 3.8) is 0 Å². The fraction of sp³-hybridized carbons (Fsp3) is 0.611. The monoisotopic (exact) mass is 340 g/mol. The van der Waals surface area contributed by atoms with Crippen LogP contribution in [0.25, 0.3) is 0 Å². The first-order valence-electron chi connectivity index (χ1n) is 9.25. The van der Waals surface area contributed by atoms with Crippen molar-refractivity contribution < 1.29 is 4.74 Å². The zero-order valence-electron chi connectivity index (χ0n) is 14.4. The molecule has 1 saturated carbocycles. The van der Waals surface area contributed by atoms with E-state index in [-0.39, 0.29) is 0 Å². The lowest BCUT2D eigenvalue weighted by atomic mass is 10.1. The van der Waals surface area contributed by atoms with Crippen molar-refractivity contribution in [1.82, 2.24) is 30.0 Å². The fourth-order valence-electron chi connectivity index (χ4n) is 4.10. The molecular weight excluding hydrogens is 316 g/mol. The number of aromatic nitrogens is 4. The van der Waals surface area contributed by atoms with E-state index >= 15 is 0 Å². The van der Waals surface area contributed by atoms with Crippen molar-refractivity contribution in [2.24, 2.45) is 0 Å². The molecule has 25 heavy (non-hydrogen) atoms. The van der Waals surface area contributed by atoms with Crippen LogP contribution < -0.4 is 0 Å². The van der Waals surface area contributed by atoms with Crippen LogP contribution in [0.2, 0.25) is 0 Å². The highest BCUT2D eigenvalue weighted by Gasteiger charge is 2.40. The summed E-state index contributed by atoms with van der Waals surface area (Å²) >= 11 is 0. The quantitative estimate of drug-likeness (QED) is 0.812. The van der Waals surface area contributed by atoms with Gasteiger partial charge in [-0.2, -0.15) is 0 Å². The molecular formula is C18H24N6O. The van der Waals surface area contributed by atoms with Crippen molar-refractivity contribution >= 4 is 0 Å². The molecule has 0 spiro atoms. The number of tetrazole rings is 1. The second kappa shape index (κ2) is 6.48. The fourth-order valence-corrected chi connectivity index (χ4v) is 4.10. The molecule has 2 aliphatic heterocycles. The topological polar surface area (TPSA) is 59.3 Å². The van der Waals surface area contributed by atoms with Crippen LogP contribution in [0.5, 0.6) is 0 Å². The van der Waals surface area contributed by atoms with E-state index in [0.717, 1.165) is 45.2 Å². The number of hydrogen-bond donors (Lipinski definition) is 0. The first-order valence-corrected chi connectivity index (χ1v) is 9.25. The van der Waals surface area contributed by atoms with E-state index in [4.69, 9.17) is 4.74 Å². The number of likely N-dealkylation sites (tertiary alicyclic amines) is 1. The van der Waals surface area contributed by atoms with Gasteiger partial charge in [0.15, 0.2) is 5.82 Å². The lowest BCUT2D eigenvalue weighted by Gasteiger charge is -2.37. The maximum Gasteiger partial charge on any atom is 0.165 e. The van der Waals surface area contributed by atoms with E-state index in [1.807, 2.05) is 4.68 Å². The van der Waals surface area contributed by atoms with E-state index in [2.05, 4.69) is 55.7 Å². The third-order valence-electron chi connectivity index (χ3n) is 5.54. The molecule has 2 aromatic rings. The Kier molecular flexibility index (Phi) is 4.00. The molecule has 1 aromatic carbocycles. The summed E-state index contributed by atoms with van der Waals surface area (Å²) in [6, 6.07) is 11.7. The summed E-state index contributed by atoms with van der Waals surface area (Å²) < 4.78 is 8.09. The Labute approximate surface area is 147 Å². The summed E-state index contributed by atoms with van der Waals surface area (Å²) in [5.74, 6) is 0.996. The molecule has 5 rings (SSSR count). The van der Waals surface area contributed by atoms with Crippen LogP contribution >= 0.6 is 0 Å².